The first-order valence-electron chi connectivity index (χ1n) is 6.35. The van der Waals surface area contributed by atoms with E-state index in [1.165, 1.54) is 6.92 Å². The summed E-state index contributed by atoms with van der Waals surface area (Å²) in [5.74, 6) is 0.619. The molecule has 0 saturated carbocycles. The summed E-state index contributed by atoms with van der Waals surface area (Å²) in [6.45, 7) is 1.69. The largest absolute Gasteiger partial charge is 0.480 e. The first-order chi connectivity index (χ1) is 9.38. The molecule has 2 amide bonds. The molecule has 0 aromatic carbocycles. The van der Waals surface area contributed by atoms with Gasteiger partial charge in [-0.15, -0.1) is 12.3 Å². The lowest BCUT2D eigenvalue weighted by molar-refractivity contribution is -0.138. The van der Waals surface area contributed by atoms with E-state index in [0.717, 1.165) is 0 Å². The molecular formula is C13H21N3O4. The molecule has 0 aliphatic carbocycles. The third-order valence-electron chi connectivity index (χ3n) is 2.57. The molecular weight excluding hydrogens is 262 g/mol. The molecule has 0 bridgehead atoms. The lowest BCUT2D eigenvalue weighted by Gasteiger charge is -2.15. The number of carbonyl (C=O) groups excluding carboxylic acids is 2. The molecule has 5 N–H and O–H groups in total. The lowest BCUT2D eigenvalue weighted by Crippen LogP contribution is -2.46. The third kappa shape index (κ3) is 8.11. The fourth-order valence-electron chi connectivity index (χ4n) is 1.52. The van der Waals surface area contributed by atoms with Crippen molar-refractivity contribution in [3.63, 3.8) is 0 Å². The van der Waals surface area contributed by atoms with Gasteiger partial charge in [0.15, 0.2) is 0 Å². The maximum Gasteiger partial charge on any atom is 0.320 e. The van der Waals surface area contributed by atoms with E-state index in [9.17, 15) is 14.4 Å². The zero-order chi connectivity index (χ0) is 15.5. The number of amides is 2. The van der Waals surface area contributed by atoms with Crippen LogP contribution in [-0.2, 0) is 14.4 Å². The van der Waals surface area contributed by atoms with E-state index in [1.807, 2.05) is 0 Å². The standard InChI is InChI=1S/C13H21N3O4/c1-3-6-11(16-9(2)17)12(18)15-8-5-4-7-10(14)13(19)20/h1,10-11H,4-8,14H2,2H3,(H,15,18)(H,16,17)(H,19,20)/t10-,11-/m0/s1. The van der Waals surface area contributed by atoms with E-state index < -0.39 is 18.1 Å². The molecule has 0 rings (SSSR count). The number of unbranched alkanes of at least 4 members (excludes halogenated alkanes) is 1. The predicted octanol–water partition coefficient (Wildman–Crippen LogP) is -0.787. The topological polar surface area (TPSA) is 122 Å². The Morgan fingerprint density at radius 3 is 2.50 bits per heavy atom. The second kappa shape index (κ2) is 9.81. The van der Waals surface area contributed by atoms with Crippen LogP contribution in [0.4, 0.5) is 0 Å². The van der Waals surface area contributed by atoms with Crippen molar-refractivity contribution in [3.8, 4) is 12.3 Å². The molecule has 0 unspecified atom stereocenters. The number of carbonyl (C=O) groups is 3. The summed E-state index contributed by atoms with van der Waals surface area (Å²) in [6.07, 6.45) is 6.80. The second-order valence-corrected chi connectivity index (χ2v) is 4.39. The summed E-state index contributed by atoms with van der Waals surface area (Å²) < 4.78 is 0. The van der Waals surface area contributed by atoms with Crippen molar-refractivity contribution in [2.24, 2.45) is 5.73 Å². The Hall–Kier alpha value is -2.07. The van der Waals surface area contributed by atoms with Crippen LogP contribution in [0.1, 0.15) is 32.6 Å². The Kier molecular flexibility index (Phi) is 8.79. The van der Waals surface area contributed by atoms with Gasteiger partial charge in [0.05, 0.1) is 0 Å². The molecule has 0 aromatic heterocycles. The maximum absolute atomic E-state index is 11.7. The molecule has 7 nitrogen and oxygen atoms in total. The van der Waals surface area contributed by atoms with Crippen LogP contribution >= 0.6 is 0 Å². The monoisotopic (exact) mass is 283 g/mol. The summed E-state index contributed by atoms with van der Waals surface area (Å²) in [7, 11) is 0. The molecule has 0 heterocycles. The summed E-state index contributed by atoms with van der Waals surface area (Å²) >= 11 is 0. The van der Waals surface area contributed by atoms with Crippen molar-refractivity contribution >= 4 is 17.8 Å². The third-order valence-corrected chi connectivity index (χ3v) is 2.57. The molecule has 20 heavy (non-hydrogen) atoms. The van der Waals surface area contributed by atoms with E-state index in [2.05, 4.69) is 16.6 Å². The molecule has 0 aliphatic rings. The Morgan fingerprint density at radius 2 is 2.00 bits per heavy atom. The summed E-state index contributed by atoms with van der Waals surface area (Å²) in [5.41, 5.74) is 5.34. The average molecular weight is 283 g/mol. The lowest BCUT2D eigenvalue weighted by atomic mass is 10.1. The predicted molar refractivity (Wildman–Crippen MR) is 73.5 cm³/mol. The fraction of sp³-hybridized carbons (Fsp3) is 0.615. The van der Waals surface area contributed by atoms with Crippen LogP contribution in [0.25, 0.3) is 0 Å². The van der Waals surface area contributed by atoms with Crippen LogP contribution in [0.2, 0.25) is 0 Å². The smallest absolute Gasteiger partial charge is 0.320 e. The zero-order valence-corrected chi connectivity index (χ0v) is 11.5. The van der Waals surface area contributed by atoms with Gasteiger partial charge in [0, 0.05) is 19.9 Å². The van der Waals surface area contributed by atoms with Gasteiger partial charge in [0.25, 0.3) is 0 Å². The number of carboxylic acids is 1. The molecule has 2 atom stereocenters. The Balaban J connectivity index is 3.93. The SMILES string of the molecule is C#CC[C@H](NC(C)=O)C(=O)NCCCC[C@H](N)C(=O)O. The van der Waals surface area contributed by atoms with E-state index in [1.54, 1.807) is 0 Å². The number of terminal acetylenes is 1. The van der Waals surface area contributed by atoms with Gasteiger partial charge >= 0.3 is 5.97 Å². The quantitative estimate of drug-likeness (QED) is 0.326. The van der Waals surface area contributed by atoms with E-state index in [4.69, 9.17) is 17.3 Å². The van der Waals surface area contributed by atoms with Crippen molar-refractivity contribution in [3.05, 3.63) is 0 Å². The highest BCUT2D eigenvalue weighted by Crippen LogP contribution is 1.99. The Bertz CT molecular complexity index is 390. The molecule has 0 saturated heterocycles. The first kappa shape index (κ1) is 17.9. The van der Waals surface area contributed by atoms with Gasteiger partial charge in [-0.3, -0.25) is 14.4 Å². The number of nitrogens with one attached hydrogen (secondary N) is 2. The highest BCUT2D eigenvalue weighted by molar-refractivity contribution is 5.87. The van der Waals surface area contributed by atoms with Crippen molar-refractivity contribution < 1.29 is 19.5 Å². The van der Waals surface area contributed by atoms with Crippen LogP contribution in [0.15, 0.2) is 0 Å². The first-order valence-corrected chi connectivity index (χ1v) is 6.35. The minimum absolute atomic E-state index is 0.120. The van der Waals surface area contributed by atoms with Gasteiger partial charge in [-0.25, -0.2) is 0 Å². The molecule has 7 heteroatoms. The second-order valence-electron chi connectivity index (χ2n) is 4.39. The van der Waals surface area contributed by atoms with Crippen molar-refractivity contribution in [2.45, 2.75) is 44.7 Å². The number of hydrogen-bond acceptors (Lipinski definition) is 4. The minimum atomic E-state index is -1.03. The van der Waals surface area contributed by atoms with Gasteiger partial charge in [-0.2, -0.15) is 0 Å². The van der Waals surface area contributed by atoms with E-state index in [-0.39, 0.29) is 18.2 Å². The van der Waals surface area contributed by atoms with Gasteiger partial charge in [0.1, 0.15) is 12.1 Å². The number of rotatable bonds is 9. The van der Waals surface area contributed by atoms with Gasteiger partial charge in [0.2, 0.25) is 11.8 Å². The van der Waals surface area contributed by atoms with Crippen LogP contribution < -0.4 is 16.4 Å². The van der Waals surface area contributed by atoms with Crippen LogP contribution in [0.3, 0.4) is 0 Å². The van der Waals surface area contributed by atoms with Gasteiger partial charge < -0.3 is 21.5 Å². The van der Waals surface area contributed by atoms with Crippen LogP contribution in [-0.4, -0.2) is 41.5 Å². The minimum Gasteiger partial charge on any atom is -0.480 e. The average Bonchev–Trinajstić information content (AvgIpc) is 2.36. The van der Waals surface area contributed by atoms with Crippen molar-refractivity contribution in [2.75, 3.05) is 6.54 Å². The van der Waals surface area contributed by atoms with Crippen molar-refractivity contribution in [1.82, 2.24) is 10.6 Å². The number of nitrogens with two attached hydrogens (primary N) is 1. The van der Waals surface area contributed by atoms with Crippen LogP contribution in [0.5, 0.6) is 0 Å². The zero-order valence-electron chi connectivity index (χ0n) is 11.5. The molecule has 0 radical (unpaired) electrons. The molecule has 0 aliphatic heterocycles. The molecule has 0 spiro atoms. The van der Waals surface area contributed by atoms with Gasteiger partial charge in [-0.1, -0.05) is 0 Å². The highest BCUT2D eigenvalue weighted by Gasteiger charge is 2.17. The van der Waals surface area contributed by atoms with E-state index >= 15 is 0 Å². The normalized spacial score (nSPS) is 12.8. The summed E-state index contributed by atoms with van der Waals surface area (Å²) in [4.78, 5) is 33.1. The number of aliphatic carboxylic acids is 1. The molecule has 0 fully saturated rings. The molecule has 112 valence electrons. The maximum atomic E-state index is 11.7. The van der Waals surface area contributed by atoms with Gasteiger partial charge in [-0.05, 0) is 19.3 Å². The number of carboxylic acid groups (broad SMARTS) is 1. The number of hydrogen-bond donors (Lipinski definition) is 4. The van der Waals surface area contributed by atoms with Crippen molar-refractivity contribution in [1.29, 1.82) is 0 Å². The summed E-state index contributed by atoms with van der Waals surface area (Å²) in [5, 5.41) is 13.7. The fourth-order valence-corrected chi connectivity index (χ4v) is 1.52. The Labute approximate surface area is 118 Å². The Morgan fingerprint density at radius 1 is 1.35 bits per heavy atom. The summed E-state index contributed by atoms with van der Waals surface area (Å²) in [6, 6.07) is -1.61. The van der Waals surface area contributed by atoms with E-state index in [0.29, 0.717) is 25.8 Å². The highest BCUT2D eigenvalue weighted by atomic mass is 16.4. The molecule has 0 aromatic rings. The van der Waals surface area contributed by atoms with Crippen LogP contribution in [0, 0.1) is 12.3 Å².